The van der Waals surface area contributed by atoms with E-state index in [2.05, 4.69) is 9.73 Å². The Morgan fingerprint density at radius 1 is 1.44 bits per heavy atom. The Labute approximate surface area is 111 Å². The fourth-order valence-corrected chi connectivity index (χ4v) is 1.36. The number of allylic oxidation sites excluding steroid dienone is 1. The number of esters is 1. The molecule has 18 heavy (non-hydrogen) atoms. The minimum Gasteiger partial charge on any atom is -0.512 e. The molecule has 0 heterocycles. The number of methoxy groups -OCH3 is 1. The molecular weight excluding hydrogens is 254 g/mol. The van der Waals surface area contributed by atoms with Gasteiger partial charge in [0.2, 0.25) is 0 Å². The minimum atomic E-state index is -0.616. The molecule has 0 aliphatic rings. The van der Waals surface area contributed by atoms with E-state index in [1.54, 1.807) is 12.1 Å². The fourth-order valence-electron chi connectivity index (χ4n) is 1.24. The van der Waals surface area contributed by atoms with Gasteiger partial charge >= 0.3 is 5.97 Å². The van der Waals surface area contributed by atoms with E-state index in [4.69, 9.17) is 11.6 Å². The molecule has 96 valence electrons. The van der Waals surface area contributed by atoms with Crippen LogP contribution in [0.3, 0.4) is 0 Å². The lowest BCUT2D eigenvalue weighted by molar-refractivity contribution is -0.135. The summed E-state index contributed by atoms with van der Waals surface area (Å²) < 4.78 is 4.53. The Bertz CT molecular complexity index is 474. The zero-order valence-electron chi connectivity index (χ0n) is 10.2. The zero-order chi connectivity index (χ0) is 13.5. The van der Waals surface area contributed by atoms with Crippen LogP contribution >= 0.6 is 11.6 Å². The summed E-state index contributed by atoms with van der Waals surface area (Å²) in [5.41, 5.74) is 1.00. The van der Waals surface area contributed by atoms with Crippen molar-refractivity contribution in [3.05, 3.63) is 46.2 Å². The van der Waals surface area contributed by atoms with Gasteiger partial charge in [0.1, 0.15) is 11.3 Å². The van der Waals surface area contributed by atoms with E-state index in [0.717, 1.165) is 5.56 Å². The SMILES string of the molecule is COC(=O)/C(C=NCc1ccc(Cl)cc1)=C(\C)O. The summed E-state index contributed by atoms with van der Waals surface area (Å²) in [6.07, 6.45) is 1.30. The summed E-state index contributed by atoms with van der Waals surface area (Å²) in [6.45, 7) is 1.80. The van der Waals surface area contributed by atoms with E-state index in [9.17, 15) is 9.90 Å². The topological polar surface area (TPSA) is 58.9 Å². The molecular formula is C13H14ClNO3. The van der Waals surface area contributed by atoms with E-state index in [1.165, 1.54) is 20.2 Å². The molecule has 1 aromatic carbocycles. The number of nitrogens with zero attached hydrogens (tertiary/aromatic N) is 1. The highest BCUT2D eigenvalue weighted by molar-refractivity contribution is 6.30. The number of hydrogen-bond acceptors (Lipinski definition) is 4. The van der Waals surface area contributed by atoms with Crippen LogP contribution in [0.25, 0.3) is 0 Å². The molecule has 0 unspecified atom stereocenters. The van der Waals surface area contributed by atoms with Crippen LogP contribution in [0.4, 0.5) is 0 Å². The molecule has 0 atom stereocenters. The van der Waals surface area contributed by atoms with Crippen LogP contribution in [0, 0.1) is 0 Å². The van der Waals surface area contributed by atoms with Gasteiger partial charge in [0.05, 0.1) is 13.7 Å². The molecule has 5 heteroatoms. The van der Waals surface area contributed by atoms with Crippen molar-refractivity contribution in [1.29, 1.82) is 0 Å². The number of aliphatic hydroxyl groups is 1. The van der Waals surface area contributed by atoms with E-state index in [0.29, 0.717) is 11.6 Å². The van der Waals surface area contributed by atoms with E-state index >= 15 is 0 Å². The highest BCUT2D eigenvalue weighted by atomic mass is 35.5. The average Bonchev–Trinajstić information content (AvgIpc) is 2.35. The third kappa shape index (κ3) is 4.22. The van der Waals surface area contributed by atoms with Crippen LogP contribution in [-0.4, -0.2) is 24.4 Å². The van der Waals surface area contributed by atoms with Gasteiger partial charge in [-0.2, -0.15) is 0 Å². The molecule has 0 fully saturated rings. The molecule has 0 aliphatic heterocycles. The first kappa shape index (κ1) is 14.3. The monoisotopic (exact) mass is 267 g/mol. The van der Waals surface area contributed by atoms with Crippen molar-refractivity contribution < 1.29 is 14.6 Å². The standard InChI is InChI=1S/C13H14ClNO3/c1-9(16)12(13(17)18-2)8-15-7-10-3-5-11(14)6-4-10/h3-6,8,16H,7H2,1-2H3/b12-9+,15-8?. The summed E-state index contributed by atoms with van der Waals surface area (Å²) in [7, 11) is 1.25. The lowest BCUT2D eigenvalue weighted by atomic mass is 10.2. The molecule has 0 saturated heterocycles. The van der Waals surface area contributed by atoms with Crippen LogP contribution in [0.15, 0.2) is 40.6 Å². The Morgan fingerprint density at radius 2 is 2.06 bits per heavy atom. The molecule has 0 bridgehead atoms. The van der Waals surface area contributed by atoms with Gasteiger partial charge in [0, 0.05) is 11.2 Å². The zero-order valence-corrected chi connectivity index (χ0v) is 10.9. The van der Waals surface area contributed by atoms with Crippen LogP contribution in [0.1, 0.15) is 12.5 Å². The van der Waals surface area contributed by atoms with Crippen molar-refractivity contribution in [1.82, 2.24) is 0 Å². The van der Waals surface area contributed by atoms with E-state index in [-0.39, 0.29) is 11.3 Å². The van der Waals surface area contributed by atoms with Crippen LogP contribution in [0.2, 0.25) is 5.02 Å². The minimum absolute atomic E-state index is 0.0477. The van der Waals surface area contributed by atoms with Gasteiger partial charge in [-0.3, -0.25) is 4.99 Å². The molecule has 0 saturated carbocycles. The molecule has 0 spiro atoms. The smallest absolute Gasteiger partial charge is 0.342 e. The van der Waals surface area contributed by atoms with Crippen molar-refractivity contribution in [2.75, 3.05) is 7.11 Å². The first-order valence-electron chi connectivity index (χ1n) is 5.27. The molecule has 0 aliphatic carbocycles. The summed E-state index contributed by atoms with van der Waals surface area (Å²) in [6, 6.07) is 7.21. The lowest BCUT2D eigenvalue weighted by Crippen LogP contribution is -2.08. The maximum Gasteiger partial charge on any atom is 0.342 e. The third-order valence-electron chi connectivity index (χ3n) is 2.20. The van der Waals surface area contributed by atoms with Crippen molar-refractivity contribution in [3.8, 4) is 0 Å². The lowest BCUT2D eigenvalue weighted by Gasteiger charge is -2.01. The van der Waals surface area contributed by atoms with Gasteiger partial charge in [0.25, 0.3) is 0 Å². The van der Waals surface area contributed by atoms with Crippen molar-refractivity contribution in [2.45, 2.75) is 13.5 Å². The van der Waals surface area contributed by atoms with E-state index in [1.807, 2.05) is 12.1 Å². The predicted molar refractivity (Wildman–Crippen MR) is 71.0 cm³/mol. The molecule has 1 aromatic rings. The number of ether oxygens (including phenoxy) is 1. The number of carbonyl (C=O) groups excluding carboxylic acids is 1. The predicted octanol–water partition coefficient (Wildman–Crippen LogP) is 2.92. The van der Waals surface area contributed by atoms with Gasteiger partial charge in [0.15, 0.2) is 0 Å². The van der Waals surface area contributed by atoms with Gasteiger partial charge in [-0.25, -0.2) is 4.79 Å². The Hall–Kier alpha value is -1.81. The second-order valence-corrected chi connectivity index (χ2v) is 4.02. The number of benzene rings is 1. The van der Waals surface area contributed by atoms with Crippen molar-refractivity contribution in [2.24, 2.45) is 4.99 Å². The molecule has 4 nitrogen and oxygen atoms in total. The largest absolute Gasteiger partial charge is 0.512 e. The average molecular weight is 268 g/mol. The second kappa shape index (κ2) is 6.81. The van der Waals surface area contributed by atoms with Gasteiger partial charge < -0.3 is 9.84 Å². The first-order chi connectivity index (χ1) is 8.54. The quantitative estimate of drug-likeness (QED) is 0.395. The van der Waals surface area contributed by atoms with Gasteiger partial charge in [-0.05, 0) is 24.6 Å². The van der Waals surface area contributed by atoms with Gasteiger partial charge in [-0.15, -0.1) is 0 Å². The number of rotatable bonds is 4. The summed E-state index contributed by atoms with van der Waals surface area (Å²) in [4.78, 5) is 15.4. The maximum atomic E-state index is 11.3. The normalized spacial score (nSPS) is 12.4. The van der Waals surface area contributed by atoms with Crippen LogP contribution in [-0.2, 0) is 16.1 Å². The molecule has 0 radical (unpaired) electrons. The highest BCUT2D eigenvalue weighted by Gasteiger charge is 2.10. The summed E-state index contributed by atoms with van der Waals surface area (Å²) in [5, 5.41) is 9.97. The molecule has 0 amide bonds. The van der Waals surface area contributed by atoms with Crippen molar-refractivity contribution in [3.63, 3.8) is 0 Å². The number of hydrogen-bond donors (Lipinski definition) is 1. The van der Waals surface area contributed by atoms with Crippen molar-refractivity contribution >= 4 is 23.8 Å². The summed E-state index contributed by atoms with van der Waals surface area (Å²) in [5.74, 6) is -0.739. The highest BCUT2D eigenvalue weighted by Crippen LogP contribution is 2.10. The van der Waals surface area contributed by atoms with Crippen LogP contribution < -0.4 is 0 Å². The third-order valence-corrected chi connectivity index (χ3v) is 2.45. The Kier molecular flexibility index (Phi) is 5.39. The second-order valence-electron chi connectivity index (χ2n) is 3.59. The Balaban J connectivity index is 2.72. The Morgan fingerprint density at radius 3 is 2.56 bits per heavy atom. The number of carbonyl (C=O) groups is 1. The number of aliphatic imine (C=N–C) groups is 1. The summed E-state index contributed by atoms with van der Waals surface area (Å²) >= 11 is 5.76. The fraction of sp³-hybridized carbons (Fsp3) is 0.231. The van der Waals surface area contributed by atoms with Crippen LogP contribution in [0.5, 0.6) is 0 Å². The maximum absolute atomic E-state index is 11.3. The molecule has 1 rings (SSSR count). The molecule has 1 N–H and O–H groups in total. The molecule has 0 aromatic heterocycles. The number of aliphatic hydroxyl groups excluding tert-OH is 1. The number of halogens is 1. The van der Waals surface area contributed by atoms with Gasteiger partial charge in [-0.1, -0.05) is 23.7 Å². The van der Waals surface area contributed by atoms with E-state index < -0.39 is 5.97 Å². The first-order valence-corrected chi connectivity index (χ1v) is 5.65.